The van der Waals surface area contributed by atoms with Gasteiger partial charge >= 0.3 is 0 Å². The third-order valence-corrected chi connectivity index (χ3v) is 6.36. The van der Waals surface area contributed by atoms with Crippen LogP contribution in [-0.4, -0.2) is 59.9 Å². The zero-order valence-corrected chi connectivity index (χ0v) is 18.3. The SMILES string of the molecule is CNCc1ccc(C(=O)N2CC=C3[C@@H]2[C@H](C(C)C)C(=O)N3S(C)(=O)=O)n1C.Cl. The number of nitrogens with one attached hydrogen (secondary N) is 1. The number of aromatic nitrogens is 1. The lowest BCUT2D eigenvalue weighted by Crippen LogP contribution is -2.43. The van der Waals surface area contributed by atoms with Gasteiger partial charge in [0.25, 0.3) is 5.91 Å². The first-order chi connectivity index (χ1) is 12.6. The number of sulfonamides is 1. The number of carbonyl (C=O) groups excluding carboxylic acids is 2. The van der Waals surface area contributed by atoms with Gasteiger partial charge in [0.1, 0.15) is 5.69 Å². The highest BCUT2D eigenvalue weighted by Crippen LogP contribution is 2.41. The Labute approximate surface area is 172 Å². The quantitative estimate of drug-likeness (QED) is 0.750. The summed E-state index contributed by atoms with van der Waals surface area (Å²) >= 11 is 0. The number of amides is 2. The van der Waals surface area contributed by atoms with Gasteiger partial charge in [-0.2, -0.15) is 0 Å². The molecular formula is C18H27ClN4O4S. The van der Waals surface area contributed by atoms with Crippen LogP contribution in [-0.2, 0) is 28.4 Å². The Morgan fingerprint density at radius 2 is 1.96 bits per heavy atom. The third-order valence-electron chi connectivity index (χ3n) is 5.31. The molecule has 0 spiro atoms. The summed E-state index contributed by atoms with van der Waals surface area (Å²) in [7, 11) is -0.0716. The van der Waals surface area contributed by atoms with Crippen molar-refractivity contribution in [2.24, 2.45) is 18.9 Å². The van der Waals surface area contributed by atoms with Crippen LogP contribution in [0.5, 0.6) is 0 Å². The van der Waals surface area contributed by atoms with Gasteiger partial charge in [-0.3, -0.25) is 9.59 Å². The zero-order chi connectivity index (χ0) is 20.1. The van der Waals surface area contributed by atoms with E-state index in [2.05, 4.69) is 5.32 Å². The number of carbonyl (C=O) groups is 2. The molecule has 2 amide bonds. The van der Waals surface area contributed by atoms with Crippen LogP contribution in [0, 0.1) is 11.8 Å². The third kappa shape index (κ3) is 3.46. The maximum absolute atomic E-state index is 13.2. The van der Waals surface area contributed by atoms with Crippen LogP contribution in [0.1, 0.15) is 30.0 Å². The van der Waals surface area contributed by atoms with Crippen molar-refractivity contribution in [1.29, 1.82) is 0 Å². The summed E-state index contributed by atoms with van der Waals surface area (Å²) in [4.78, 5) is 27.7. The van der Waals surface area contributed by atoms with Crippen molar-refractivity contribution < 1.29 is 18.0 Å². The fourth-order valence-electron chi connectivity index (χ4n) is 4.05. The largest absolute Gasteiger partial charge is 0.342 e. The van der Waals surface area contributed by atoms with E-state index in [4.69, 9.17) is 0 Å². The topological polar surface area (TPSA) is 91.7 Å². The summed E-state index contributed by atoms with van der Waals surface area (Å²) in [6.07, 6.45) is 2.71. The maximum atomic E-state index is 13.2. The Morgan fingerprint density at radius 3 is 2.50 bits per heavy atom. The normalized spacial score (nSPS) is 21.8. The molecule has 0 bridgehead atoms. The molecule has 0 saturated carbocycles. The van der Waals surface area contributed by atoms with Crippen LogP contribution in [0.3, 0.4) is 0 Å². The average Bonchev–Trinajstić information content (AvgIpc) is 3.19. The molecule has 1 N–H and O–H groups in total. The molecule has 0 unspecified atom stereocenters. The first-order valence-corrected chi connectivity index (χ1v) is 10.8. The molecule has 10 heteroatoms. The number of fused-ring (bicyclic) bond motifs is 1. The van der Waals surface area contributed by atoms with Crippen LogP contribution < -0.4 is 5.32 Å². The molecular weight excluding hydrogens is 404 g/mol. The summed E-state index contributed by atoms with van der Waals surface area (Å²) < 4.78 is 27.1. The molecule has 1 aromatic rings. The molecule has 3 rings (SSSR count). The molecule has 1 fully saturated rings. The first kappa shape index (κ1) is 22.4. The Bertz CT molecular complexity index is 922. The Hall–Kier alpha value is -1.84. The van der Waals surface area contributed by atoms with Crippen LogP contribution in [0.4, 0.5) is 0 Å². The smallest absolute Gasteiger partial charge is 0.271 e. The van der Waals surface area contributed by atoms with E-state index in [0.717, 1.165) is 16.3 Å². The van der Waals surface area contributed by atoms with Crippen LogP contribution >= 0.6 is 12.4 Å². The van der Waals surface area contributed by atoms with E-state index in [9.17, 15) is 18.0 Å². The number of halogens is 1. The van der Waals surface area contributed by atoms with Gasteiger partial charge in [0, 0.05) is 25.8 Å². The predicted octanol–water partition coefficient (Wildman–Crippen LogP) is 0.949. The van der Waals surface area contributed by atoms with Gasteiger partial charge in [-0.05, 0) is 31.2 Å². The van der Waals surface area contributed by atoms with Crippen molar-refractivity contribution in [2.75, 3.05) is 19.8 Å². The second-order valence-corrected chi connectivity index (χ2v) is 9.30. The van der Waals surface area contributed by atoms with E-state index in [1.165, 1.54) is 0 Å². The average molecular weight is 431 g/mol. The van der Waals surface area contributed by atoms with Crippen molar-refractivity contribution in [3.63, 3.8) is 0 Å². The maximum Gasteiger partial charge on any atom is 0.271 e. The Morgan fingerprint density at radius 1 is 1.32 bits per heavy atom. The molecule has 28 heavy (non-hydrogen) atoms. The molecule has 1 saturated heterocycles. The molecule has 3 heterocycles. The number of rotatable bonds is 5. The lowest BCUT2D eigenvalue weighted by Gasteiger charge is -2.29. The highest BCUT2D eigenvalue weighted by Gasteiger charge is 2.54. The van der Waals surface area contributed by atoms with Gasteiger partial charge in [-0.1, -0.05) is 13.8 Å². The van der Waals surface area contributed by atoms with Gasteiger partial charge < -0.3 is 14.8 Å². The highest BCUT2D eigenvalue weighted by molar-refractivity contribution is 7.89. The first-order valence-electron chi connectivity index (χ1n) is 8.94. The number of nitrogens with zero attached hydrogens (tertiary/aromatic N) is 3. The fraction of sp³-hybridized carbons (Fsp3) is 0.556. The van der Waals surface area contributed by atoms with Gasteiger partial charge in [-0.25, -0.2) is 12.7 Å². The lowest BCUT2D eigenvalue weighted by molar-refractivity contribution is -0.128. The molecule has 2 aliphatic rings. The zero-order valence-electron chi connectivity index (χ0n) is 16.7. The minimum atomic E-state index is -3.73. The van der Waals surface area contributed by atoms with E-state index >= 15 is 0 Å². The highest BCUT2D eigenvalue weighted by atomic mass is 35.5. The second kappa shape index (κ2) is 7.88. The molecule has 2 atom stereocenters. The van der Waals surface area contributed by atoms with Gasteiger partial charge in [0.15, 0.2) is 0 Å². The number of hydrogen-bond acceptors (Lipinski definition) is 5. The molecule has 2 aliphatic heterocycles. The van der Waals surface area contributed by atoms with E-state index in [1.54, 1.807) is 17.0 Å². The van der Waals surface area contributed by atoms with Crippen molar-refractivity contribution in [1.82, 2.24) is 19.1 Å². The van der Waals surface area contributed by atoms with Crippen molar-refractivity contribution in [2.45, 2.75) is 26.4 Å². The summed E-state index contributed by atoms with van der Waals surface area (Å²) in [5.41, 5.74) is 1.88. The fourth-order valence-corrected chi connectivity index (χ4v) is 5.07. The number of hydrogen-bond donors (Lipinski definition) is 1. The standard InChI is InChI=1S/C18H26N4O4S.ClH/c1-11(2)15-16-13(22(18(15)24)27(5,25)26)8-9-21(16)17(23)14-7-6-12(10-19-3)20(14)4;/h6-8,11,15-16,19H,9-10H2,1-5H3;1H/t15-,16+;/m0./s1. The Balaban J connectivity index is 0.00000280. The van der Waals surface area contributed by atoms with Gasteiger partial charge in [0.05, 0.1) is 23.9 Å². The Kier molecular flexibility index (Phi) is 6.32. The summed E-state index contributed by atoms with van der Waals surface area (Å²) in [5.74, 6) is -1.33. The van der Waals surface area contributed by atoms with Crippen molar-refractivity contribution in [3.05, 3.63) is 35.3 Å². The predicted molar refractivity (Wildman–Crippen MR) is 108 cm³/mol. The minimum Gasteiger partial charge on any atom is -0.342 e. The summed E-state index contributed by atoms with van der Waals surface area (Å²) in [6, 6.07) is 3.10. The molecule has 0 aliphatic carbocycles. The summed E-state index contributed by atoms with van der Waals surface area (Å²) in [6.45, 7) is 4.67. The van der Waals surface area contributed by atoms with Crippen molar-refractivity contribution in [3.8, 4) is 0 Å². The van der Waals surface area contributed by atoms with E-state index in [0.29, 0.717) is 17.9 Å². The van der Waals surface area contributed by atoms with Crippen molar-refractivity contribution >= 4 is 34.2 Å². The van der Waals surface area contributed by atoms with E-state index < -0.39 is 27.9 Å². The summed E-state index contributed by atoms with van der Waals surface area (Å²) in [5, 5.41) is 3.06. The monoisotopic (exact) mass is 430 g/mol. The van der Waals surface area contributed by atoms with E-state index in [1.807, 2.05) is 38.6 Å². The lowest BCUT2D eigenvalue weighted by atomic mass is 9.89. The van der Waals surface area contributed by atoms with Crippen LogP contribution in [0.15, 0.2) is 23.9 Å². The molecule has 156 valence electrons. The van der Waals surface area contributed by atoms with Gasteiger partial charge in [-0.15, -0.1) is 12.4 Å². The second-order valence-electron chi connectivity index (χ2n) is 7.47. The van der Waals surface area contributed by atoms with Crippen LogP contribution in [0.25, 0.3) is 0 Å². The van der Waals surface area contributed by atoms with E-state index in [-0.39, 0.29) is 30.8 Å². The van der Waals surface area contributed by atoms with Gasteiger partial charge in [0.2, 0.25) is 15.9 Å². The van der Waals surface area contributed by atoms with Crippen LogP contribution in [0.2, 0.25) is 0 Å². The molecule has 0 aromatic carbocycles. The molecule has 8 nitrogen and oxygen atoms in total. The molecule has 1 aromatic heterocycles. The minimum absolute atomic E-state index is 0. The molecule has 0 radical (unpaired) electrons.